The van der Waals surface area contributed by atoms with E-state index in [9.17, 15) is 9.90 Å². The number of hydrogen-bond donors (Lipinski definition) is 1. The predicted octanol–water partition coefficient (Wildman–Crippen LogP) is 2.97. The summed E-state index contributed by atoms with van der Waals surface area (Å²) in [6.07, 6.45) is 0.534. The highest BCUT2D eigenvalue weighted by Crippen LogP contribution is 2.62. The van der Waals surface area contributed by atoms with E-state index >= 15 is 0 Å². The summed E-state index contributed by atoms with van der Waals surface area (Å²) in [4.78, 5) is 18.7. The Balaban J connectivity index is 2.07. The Kier molecular flexibility index (Phi) is 3.95. The molecule has 126 valence electrons. The average molecular weight is 326 g/mol. The number of carboxylic acids is 1. The van der Waals surface area contributed by atoms with Crippen LogP contribution in [0.1, 0.15) is 29.2 Å². The van der Waals surface area contributed by atoms with Crippen LogP contribution >= 0.6 is 0 Å². The number of methoxy groups -OCH3 is 1. The van der Waals surface area contributed by atoms with Crippen LogP contribution in [0.25, 0.3) is 0 Å². The Hall–Kier alpha value is -2.56. The van der Waals surface area contributed by atoms with Gasteiger partial charge in [-0.1, -0.05) is 23.8 Å². The highest BCUT2D eigenvalue weighted by Gasteiger charge is 2.64. The van der Waals surface area contributed by atoms with Gasteiger partial charge in [-0.25, -0.2) is 4.98 Å². The van der Waals surface area contributed by atoms with E-state index < -0.39 is 11.4 Å². The molecule has 0 aliphatic heterocycles. The number of ether oxygens (including phenoxy) is 1. The normalized spacial score (nSPS) is 22.1. The fraction of sp³-hybridized carbons (Fsp3) is 0.368. The molecule has 1 aromatic carbocycles. The largest absolute Gasteiger partial charge is 0.496 e. The van der Waals surface area contributed by atoms with Crippen LogP contribution in [0.3, 0.4) is 0 Å². The number of hydrogen-bond acceptors (Lipinski definition) is 4. The summed E-state index contributed by atoms with van der Waals surface area (Å²) in [5, 5.41) is 9.98. The molecule has 1 fully saturated rings. The van der Waals surface area contributed by atoms with Crippen LogP contribution in [0.2, 0.25) is 0 Å². The quantitative estimate of drug-likeness (QED) is 0.915. The zero-order valence-corrected chi connectivity index (χ0v) is 14.4. The molecule has 1 aliphatic carbocycles. The van der Waals surface area contributed by atoms with Crippen LogP contribution in [0.4, 0.5) is 5.82 Å². The van der Waals surface area contributed by atoms with Gasteiger partial charge in [0, 0.05) is 31.3 Å². The average Bonchev–Trinajstić information content (AvgIpc) is 3.32. The first-order valence-corrected chi connectivity index (χ1v) is 7.93. The van der Waals surface area contributed by atoms with Crippen molar-refractivity contribution in [3.63, 3.8) is 0 Å². The molecule has 0 amide bonds. The van der Waals surface area contributed by atoms with Gasteiger partial charge in [0.15, 0.2) is 0 Å². The van der Waals surface area contributed by atoms with Crippen molar-refractivity contribution in [2.45, 2.75) is 24.7 Å². The number of carboxylic acid groups (broad SMARTS) is 1. The summed E-state index contributed by atoms with van der Waals surface area (Å²) in [6, 6.07) is 11.4. The van der Waals surface area contributed by atoms with Crippen LogP contribution in [-0.4, -0.2) is 37.3 Å². The Labute approximate surface area is 141 Å². The van der Waals surface area contributed by atoms with Gasteiger partial charge in [-0.3, -0.25) is 4.79 Å². The topological polar surface area (TPSA) is 62.7 Å². The number of rotatable bonds is 5. The zero-order chi connectivity index (χ0) is 17.5. The maximum absolute atomic E-state index is 12.2. The lowest BCUT2D eigenvalue weighted by Crippen LogP contribution is -2.23. The smallest absolute Gasteiger partial charge is 0.314 e. The molecule has 0 bridgehead atoms. The van der Waals surface area contributed by atoms with Gasteiger partial charge in [-0.15, -0.1) is 0 Å². The van der Waals surface area contributed by atoms with Gasteiger partial charge in [0.25, 0.3) is 0 Å². The molecule has 1 aliphatic rings. The van der Waals surface area contributed by atoms with E-state index in [1.807, 2.05) is 62.3 Å². The lowest BCUT2D eigenvalue weighted by atomic mass is 9.90. The van der Waals surface area contributed by atoms with Crippen molar-refractivity contribution in [1.29, 1.82) is 0 Å². The van der Waals surface area contributed by atoms with Crippen molar-refractivity contribution in [2.24, 2.45) is 0 Å². The summed E-state index contributed by atoms with van der Waals surface area (Å²) in [5.74, 6) is 0.475. The van der Waals surface area contributed by atoms with Crippen LogP contribution in [0.5, 0.6) is 5.75 Å². The molecular weight excluding hydrogens is 304 g/mol. The number of aromatic nitrogens is 1. The second-order valence-corrected chi connectivity index (χ2v) is 6.55. The van der Waals surface area contributed by atoms with Gasteiger partial charge in [0.05, 0.1) is 7.11 Å². The second-order valence-electron chi connectivity index (χ2n) is 6.55. The standard InChI is InChI=1S/C19H22N2O3/c1-12-8-9-16(24-4)13(10-12)19(18(22)23)11-14(19)15-6-5-7-17(20-15)21(2)3/h5-10,14H,11H2,1-4H3,(H,22,23)/t14-,19-/m1/s1. The number of pyridine rings is 1. The highest BCUT2D eigenvalue weighted by atomic mass is 16.5. The third-order valence-corrected chi connectivity index (χ3v) is 4.75. The van der Waals surface area contributed by atoms with Gasteiger partial charge in [-0.05, 0) is 31.5 Å². The summed E-state index contributed by atoms with van der Waals surface area (Å²) in [6.45, 7) is 1.96. The molecule has 1 heterocycles. The maximum atomic E-state index is 12.2. The summed E-state index contributed by atoms with van der Waals surface area (Å²) >= 11 is 0. The monoisotopic (exact) mass is 326 g/mol. The van der Waals surface area contributed by atoms with Gasteiger partial charge < -0.3 is 14.7 Å². The van der Waals surface area contributed by atoms with Crippen LogP contribution in [-0.2, 0) is 10.2 Å². The van der Waals surface area contributed by atoms with Crippen LogP contribution in [0, 0.1) is 6.92 Å². The fourth-order valence-corrected chi connectivity index (χ4v) is 3.32. The van der Waals surface area contributed by atoms with Crippen molar-refractivity contribution in [3.8, 4) is 5.75 Å². The van der Waals surface area contributed by atoms with E-state index in [0.717, 1.165) is 22.6 Å². The lowest BCUT2D eigenvalue weighted by Gasteiger charge is -2.18. The minimum Gasteiger partial charge on any atom is -0.496 e. The first-order chi connectivity index (χ1) is 11.4. The number of benzene rings is 1. The number of aliphatic carboxylic acids is 1. The molecule has 5 nitrogen and oxygen atoms in total. The number of carbonyl (C=O) groups is 1. The molecule has 1 saturated carbocycles. The third kappa shape index (κ3) is 2.50. The van der Waals surface area contributed by atoms with E-state index in [1.165, 1.54) is 0 Å². The van der Waals surface area contributed by atoms with Crippen molar-refractivity contribution in [3.05, 3.63) is 53.2 Å². The molecule has 24 heavy (non-hydrogen) atoms. The summed E-state index contributed by atoms with van der Waals surface area (Å²) in [7, 11) is 5.42. The molecule has 0 spiro atoms. The van der Waals surface area contributed by atoms with Crippen molar-refractivity contribution in [2.75, 3.05) is 26.1 Å². The van der Waals surface area contributed by atoms with E-state index in [0.29, 0.717) is 12.2 Å². The third-order valence-electron chi connectivity index (χ3n) is 4.75. The van der Waals surface area contributed by atoms with Gasteiger partial charge >= 0.3 is 5.97 Å². The van der Waals surface area contributed by atoms with Crippen molar-refractivity contribution in [1.82, 2.24) is 4.98 Å². The Bertz CT molecular complexity index is 788. The fourth-order valence-electron chi connectivity index (χ4n) is 3.32. The number of anilines is 1. The summed E-state index contributed by atoms with van der Waals surface area (Å²) < 4.78 is 5.43. The SMILES string of the molecule is COc1ccc(C)cc1[C@]1(C(=O)O)C[C@@H]1c1cccc(N(C)C)n1. The molecule has 2 aromatic rings. The first kappa shape index (κ1) is 16.3. The predicted molar refractivity (Wildman–Crippen MR) is 93.0 cm³/mol. The maximum Gasteiger partial charge on any atom is 0.314 e. The number of aryl methyl sites for hydroxylation is 1. The van der Waals surface area contributed by atoms with E-state index in [4.69, 9.17) is 4.74 Å². The Morgan fingerprint density at radius 2 is 2.08 bits per heavy atom. The molecule has 1 N–H and O–H groups in total. The minimum atomic E-state index is -0.963. The van der Waals surface area contributed by atoms with Crippen molar-refractivity contribution >= 4 is 11.8 Å². The number of nitrogens with zero attached hydrogens (tertiary/aromatic N) is 2. The van der Waals surface area contributed by atoms with E-state index in [-0.39, 0.29) is 5.92 Å². The van der Waals surface area contributed by atoms with Crippen molar-refractivity contribution < 1.29 is 14.6 Å². The molecule has 3 rings (SSSR count). The molecule has 0 unspecified atom stereocenters. The van der Waals surface area contributed by atoms with E-state index in [1.54, 1.807) is 7.11 Å². The Morgan fingerprint density at radius 1 is 1.33 bits per heavy atom. The molecule has 5 heteroatoms. The molecule has 1 aromatic heterocycles. The minimum absolute atomic E-state index is 0.148. The highest BCUT2D eigenvalue weighted by molar-refractivity contribution is 5.88. The summed E-state index contributed by atoms with van der Waals surface area (Å²) in [5.41, 5.74) is 1.61. The second kappa shape index (κ2) is 5.82. The first-order valence-electron chi connectivity index (χ1n) is 7.93. The molecular formula is C19H22N2O3. The molecule has 0 saturated heterocycles. The molecule has 2 atom stereocenters. The Morgan fingerprint density at radius 3 is 2.71 bits per heavy atom. The van der Waals surface area contributed by atoms with Gasteiger partial charge in [0.1, 0.15) is 17.0 Å². The van der Waals surface area contributed by atoms with Crippen LogP contribution in [0.15, 0.2) is 36.4 Å². The van der Waals surface area contributed by atoms with Gasteiger partial charge in [-0.2, -0.15) is 0 Å². The van der Waals surface area contributed by atoms with Gasteiger partial charge in [0.2, 0.25) is 0 Å². The molecule has 0 radical (unpaired) electrons. The van der Waals surface area contributed by atoms with E-state index in [2.05, 4.69) is 4.98 Å². The zero-order valence-electron chi connectivity index (χ0n) is 14.4. The lowest BCUT2D eigenvalue weighted by molar-refractivity contribution is -0.140. The van der Waals surface area contributed by atoms with Crippen LogP contribution < -0.4 is 9.64 Å².